The Morgan fingerprint density at radius 2 is 1.71 bits per heavy atom. The van der Waals surface area contributed by atoms with Crippen molar-refractivity contribution in [2.24, 2.45) is 11.8 Å². The number of hydrogen-bond acceptors (Lipinski definition) is 2. The van der Waals surface area contributed by atoms with Crippen molar-refractivity contribution < 1.29 is 4.74 Å². The molecule has 2 nitrogen and oxygen atoms in total. The molecule has 1 aliphatic heterocycles. The van der Waals surface area contributed by atoms with Crippen LogP contribution in [0.1, 0.15) is 58.3 Å². The molecular formula is C15H29NO. The number of rotatable bonds is 4. The average molecular weight is 239 g/mol. The topological polar surface area (TPSA) is 21.3 Å². The van der Waals surface area contributed by atoms with Crippen molar-refractivity contribution >= 4 is 0 Å². The van der Waals surface area contributed by atoms with Gasteiger partial charge in [0.15, 0.2) is 0 Å². The molecule has 0 bridgehead atoms. The summed E-state index contributed by atoms with van der Waals surface area (Å²) in [7, 11) is 0. The monoisotopic (exact) mass is 239 g/mol. The summed E-state index contributed by atoms with van der Waals surface area (Å²) < 4.78 is 5.51. The van der Waals surface area contributed by atoms with Crippen LogP contribution < -0.4 is 5.32 Å². The van der Waals surface area contributed by atoms with Crippen LogP contribution >= 0.6 is 0 Å². The highest BCUT2D eigenvalue weighted by molar-refractivity contribution is 4.76. The van der Waals surface area contributed by atoms with Crippen LogP contribution in [0.3, 0.4) is 0 Å². The molecule has 17 heavy (non-hydrogen) atoms. The quantitative estimate of drug-likeness (QED) is 0.812. The fraction of sp³-hybridized carbons (Fsp3) is 1.00. The third kappa shape index (κ3) is 4.59. The molecule has 1 aliphatic carbocycles. The lowest BCUT2D eigenvalue weighted by atomic mass is 9.81. The third-order valence-electron chi connectivity index (χ3n) is 4.69. The zero-order chi connectivity index (χ0) is 11.9. The fourth-order valence-corrected chi connectivity index (χ4v) is 3.29. The lowest BCUT2D eigenvalue weighted by molar-refractivity contribution is 0.142. The molecule has 1 unspecified atom stereocenters. The second kappa shape index (κ2) is 7.38. The van der Waals surface area contributed by atoms with Crippen molar-refractivity contribution in [3.63, 3.8) is 0 Å². The molecule has 0 aromatic rings. The lowest BCUT2D eigenvalue weighted by Gasteiger charge is -2.29. The Hall–Kier alpha value is -0.0800. The van der Waals surface area contributed by atoms with E-state index in [0.717, 1.165) is 31.1 Å². The van der Waals surface area contributed by atoms with Gasteiger partial charge in [0.05, 0.1) is 0 Å². The van der Waals surface area contributed by atoms with Crippen LogP contribution in [0.2, 0.25) is 0 Å². The van der Waals surface area contributed by atoms with Crippen molar-refractivity contribution in [3.8, 4) is 0 Å². The molecule has 0 aromatic carbocycles. The van der Waals surface area contributed by atoms with Crippen molar-refractivity contribution in [1.82, 2.24) is 5.32 Å². The summed E-state index contributed by atoms with van der Waals surface area (Å²) in [6.07, 6.45) is 11.0. The summed E-state index contributed by atoms with van der Waals surface area (Å²) in [5.74, 6) is 1.97. The van der Waals surface area contributed by atoms with Gasteiger partial charge >= 0.3 is 0 Å². The third-order valence-corrected chi connectivity index (χ3v) is 4.69. The van der Waals surface area contributed by atoms with Gasteiger partial charge in [-0.2, -0.15) is 0 Å². The Bertz CT molecular complexity index is 191. The van der Waals surface area contributed by atoms with E-state index < -0.39 is 0 Å². The normalized spacial score (nSPS) is 35.5. The summed E-state index contributed by atoms with van der Waals surface area (Å²) in [6.45, 7) is 5.52. The summed E-state index contributed by atoms with van der Waals surface area (Å²) in [5, 5.41) is 3.78. The van der Waals surface area contributed by atoms with Gasteiger partial charge in [-0.3, -0.25) is 0 Å². The standard InChI is InChI=1S/C15H29NO/c1-2-13-5-7-14(8-6-13)12-16-15-4-3-10-17-11-9-15/h13-16H,2-12H2,1H3. The van der Waals surface area contributed by atoms with Crippen LogP contribution in [0.15, 0.2) is 0 Å². The summed E-state index contributed by atoms with van der Waals surface area (Å²) >= 11 is 0. The molecule has 0 spiro atoms. The maximum absolute atomic E-state index is 5.51. The van der Waals surface area contributed by atoms with E-state index in [1.165, 1.54) is 57.9 Å². The largest absolute Gasteiger partial charge is 0.381 e. The van der Waals surface area contributed by atoms with E-state index in [4.69, 9.17) is 4.74 Å². The zero-order valence-electron chi connectivity index (χ0n) is 11.4. The minimum atomic E-state index is 0.724. The van der Waals surface area contributed by atoms with Crippen LogP contribution in [0, 0.1) is 11.8 Å². The molecule has 2 rings (SSSR count). The van der Waals surface area contributed by atoms with Gasteiger partial charge in [0.2, 0.25) is 0 Å². The van der Waals surface area contributed by atoms with Gasteiger partial charge in [0.1, 0.15) is 0 Å². The Labute approximate surface area is 107 Å². The molecule has 100 valence electrons. The van der Waals surface area contributed by atoms with Crippen LogP contribution in [0.5, 0.6) is 0 Å². The van der Waals surface area contributed by atoms with Crippen molar-refractivity contribution in [2.45, 2.75) is 64.3 Å². The molecule has 0 aromatic heterocycles. The van der Waals surface area contributed by atoms with Gasteiger partial charge in [-0.15, -0.1) is 0 Å². The average Bonchev–Trinajstić information content (AvgIpc) is 2.65. The number of nitrogens with one attached hydrogen (secondary N) is 1. The van der Waals surface area contributed by atoms with E-state index in [0.29, 0.717) is 0 Å². The lowest BCUT2D eigenvalue weighted by Crippen LogP contribution is -2.34. The predicted octanol–water partition coefficient (Wildman–Crippen LogP) is 3.36. The maximum Gasteiger partial charge on any atom is 0.0480 e. The van der Waals surface area contributed by atoms with Gasteiger partial charge in [-0.25, -0.2) is 0 Å². The van der Waals surface area contributed by atoms with Crippen molar-refractivity contribution in [1.29, 1.82) is 0 Å². The molecule has 1 N–H and O–H groups in total. The summed E-state index contributed by atoms with van der Waals surface area (Å²) in [4.78, 5) is 0. The van der Waals surface area contributed by atoms with E-state index in [1.54, 1.807) is 0 Å². The van der Waals surface area contributed by atoms with Crippen molar-refractivity contribution in [2.75, 3.05) is 19.8 Å². The van der Waals surface area contributed by atoms with Crippen LogP contribution in [-0.2, 0) is 4.74 Å². The molecule has 1 atom stereocenters. The number of hydrogen-bond donors (Lipinski definition) is 1. The van der Waals surface area contributed by atoms with E-state index >= 15 is 0 Å². The highest BCUT2D eigenvalue weighted by atomic mass is 16.5. The minimum Gasteiger partial charge on any atom is -0.381 e. The van der Waals surface area contributed by atoms with Crippen LogP contribution in [0.25, 0.3) is 0 Å². The molecule has 0 amide bonds. The molecule has 1 saturated heterocycles. The van der Waals surface area contributed by atoms with Crippen LogP contribution in [-0.4, -0.2) is 25.8 Å². The van der Waals surface area contributed by atoms with E-state index in [2.05, 4.69) is 12.2 Å². The second-order valence-corrected chi connectivity index (χ2v) is 5.94. The first-order valence-electron chi connectivity index (χ1n) is 7.69. The summed E-state index contributed by atoms with van der Waals surface area (Å²) in [5.41, 5.74) is 0. The highest BCUT2D eigenvalue weighted by Crippen LogP contribution is 2.30. The first-order valence-corrected chi connectivity index (χ1v) is 7.69. The van der Waals surface area contributed by atoms with Gasteiger partial charge in [0.25, 0.3) is 0 Å². The predicted molar refractivity (Wildman–Crippen MR) is 72.2 cm³/mol. The Balaban J connectivity index is 1.61. The van der Waals surface area contributed by atoms with E-state index in [9.17, 15) is 0 Å². The Kier molecular flexibility index (Phi) is 5.79. The second-order valence-electron chi connectivity index (χ2n) is 5.94. The first kappa shape index (κ1) is 13.4. The molecule has 0 radical (unpaired) electrons. The van der Waals surface area contributed by atoms with Crippen molar-refractivity contribution in [3.05, 3.63) is 0 Å². The SMILES string of the molecule is CCC1CCC(CNC2CCCOCC2)CC1. The molecule has 2 fully saturated rings. The van der Waals surface area contributed by atoms with Gasteiger partial charge in [-0.1, -0.05) is 26.2 Å². The number of ether oxygens (including phenoxy) is 1. The molecule has 1 saturated carbocycles. The summed E-state index contributed by atoms with van der Waals surface area (Å²) in [6, 6.07) is 0.724. The Morgan fingerprint density at radius 1 is 0.941 bits per heavy atom. The molecule has 2 heteroatoms. The molecule has 1 heterocycles. The smallest absolute Gasteiger partial charge is 0.0480 e. The van der Waals surface area contributed by atoms with E-state index in [-0.39, 0.29) is 0 Å². The Morgan fingerprint density at radius 3 is 2.47 bits per heavy atom. The highest BCUT2D eigenvalue weighted by Gasteiger charge is 2.21. The minimum absolute atomic E-state index is 0.724. The maximum atomic E-state index is 5.51. The van der Waals surface area contributed by atoms with Gasteiger partial charge in [-0.05, 0) is 50.5 Å². The zero-order valence-corrected chi connectivity index (χ0v) is 11.4. The molecule has 2 aliphatic rings. The van der Waals surface area contributed by atoms with E-state index in [1.807, 2.05) is 0 Å². The van der Waals surface area contributed by atoms with Crippen LogP contribution in [0.4, 0.5) is 0 Å². The van der Waals surface area contributed by atoms with Gasteiger partial charge < -0.3 is 10.1 Å². The first-order chi connectivity index (χ1) is 8.38. The molecular weight excluding hydrogens is 210 g/mol. The fourth-order valence-electron chi connectivity index (χ4n) is 3.29. The van der Waals surface area contributed by atoms with Gasteiger partial charge in [0, 0.05) is 19.3 Å².